The maximum atomic E-state index is 13.4. The summed E-state index contributed by atoms with van der Waals surface area (Å²) in [5, 5.41) is 7.56. The topological polar surface area (TPSA) is 67.2 Å². The zero-order chi connectivity index (χ0) is 24.9. The number of hydrogen-bond acceptors (Lipinski definition) is 3. The Morgan fingerprint density at radius 3 is 2.26 bits per heavy atom. The van der Waals surface area contributed by atoms with Gasteiger partial charge in [-0.3, -0.25) is 9.59 Å². The number of halogens is 1. The van der Waals surface area contributed by atoms with Gasteiger partial charge in [0.1, 0.15) is 11.6 Å². The van der Waals surface area contributed by atoms with Crippen LogP contribution in [0.3, 0.4) is 0 Å². The molecule has 0 saturated carbocycles. The SMILES string of the molecule is CCC(C(=O)N(CC)CC(=O)Nc1cc(C(C)(C)C)nn1-c1ccc(F)cc1)c1ccccc1. The summed E-state index contributed by atoms with van der Waals surface area (Å²) >= 11 is 0. The Labute approximate surface area is 200 Å². The van der Waals surface area contributed by atoms with Gasteiger partial charge in [0.25, 0.3) is 0 Å². The van der Waals surface area contributed by atoms with E-state index in [1.165, 1.54) is 12.1 Å². The molecule has 0 radical (unpaired) electrons. The van der Waals surface area contributed by atoms with Gasteiger partial charge in [0.2, 0.25) is 11.8 Å². The van der Waals surface area contributed by atoms with E-state index in [1.807, 2.05) is 71.0 Å². The van der Waals surface area contributed by atoms with Gasteiger partial charge in [0.05, 0.1) is 23.8 Å². The van der Waals surface area contributed by atoms with Crippen LogP contribution in [0.1, 0.15) is 58.2 Å². The highest BCUT2D eigenvalue weighted by Crippen LogP contribution is 2.27. The molecule has 1 heterocycles. The minimum atomic E-state index is -0.349. The van der Waals surface area contributed by atoms with Gasteiger partial charge in [0, 0.05) is 18.0 Å². The van der Waals surface area contributed by atoms with Crippen LogP contribution in [0.5, 0.6) is 0 Å². The highest BCUT2D eigenvalue weighted by atomic mass is 19.1. The molecule has 0 bridgehead atoms. The number of nitrogens with zero attached hydrogens (tertiary/aromatic N) is 3. The lowest BCUT2D eigenvalue weighted by Gasteiger charge is -2.25. The molecule has 0 spiro atoms. The Kier molecular flexibility index (Phi) is 7.87. The van der Waals surface area contributed by atoms with Crippen LogP contribution >= 0.6 is 0 Å². The first-order valence-electron chi connectivity index (χ1n) is 11.6. The average molecular weight is 465 g/mol. The lowest BCUT2D eigenvalue weighted by molar-refractivity contribution is -0.135. The van der Waals surface area contributed by atoms with Crippen LogP contribution in [-0.4, -0.2) is 39.6 Å². The van der Waals surface area contributed by atoms with Crippen LogP contribution in [0.25, 0.3) is 5.69 Å². The first-order chi connectivity index (χ1) is 16.1. The van der Waals surface area contributed by atoms with Crippen molar-refractivity contribution in [3.8, 4) is 5.69 Å². The summed E-state index contributed by atoms with van der Waals surface area (Å²) in [4.78, 5) is 27.8. The van der Waals surface area contributed by atoms with E-state index in [0.717, 1.165) is 11.3 Å². The molecule has 3 aromatic rings. The monoisotopic (exact) mass is 464 g/mol. The zero-order valence-corrected chi connectivity index (χ0v) is 20.5. The summed E-state index contributed by atoms with van der Waals surface area (Å²) in [5.41, 5.74) is 2.11. The Balaban J connectivity index is 1.82. The van der Waals surface area contributed by atoms with E-state index in [2.05, 4.69) is 10.4 Å². The van der Waals surface area contributed by atoms with E-state index >= 15 is 0 Å². The number of rotatable bonds is 8. The molecule has 7 heteroatoms. The number of benzene rings is 2. The molecule has 0 aliphatic heterocycles. The molecule has 34 heavy (non-hydrogen) atoms. The van der Waals surface area contributed by atoms with E-state index in [9.17, 15) is 14.0 Å². The second kappa shape index (κ2) is 10.6. The maximum absolute atomic E-state index is 13.4. The molecular formula is C27H33FN4O2. The molecule has 3 rings (SSSR count). The number of aromatic nitrogens is 2. The lowest BCUT2D eigenvalue weighted by atomic mass is 9.92. The predicted octanol–water partition coefficient (Wildman–Crippen LogP) is 5.29. The molecule has 6 nitrogen and oxygen atoms in total. The van der Waals surface area contributed by atoms with E-state index in [4.69, 9.17) is 0 Å². The number of anilines is 1. The molecular weight excluding hydrogens is 431 g/mol. The minimum Gasteiger partial charge on any atom is -0.333 e. The Hall–Kier alpha value is -3.48. The Morgan fingerprint density at radius 2 is 1.71 bits per heavy atom. The first kappa shape index (κ1) is 25.1. The van der Waals surface area contributed by atoms with Gasteiger partial charge in [-0.25, -0.2) is 9.07 Å². The standard InChI is InChI=1S/C27H33FN4O2/c1-6-22(19-11-9-8-10-12-19)26(34)31(7-2)18-25(33)29-24-17-23(27(3,4)5)30-32(24)21-15-13-20(28)14-16-21/h8-17,22H,6-7,18H2,1-5H3,(H,29,33). The average Bonchev–Trinajstić information content (AvgIpc) is 3.23. The molecule has 0 fully saturated rings. The highest BCUT2D eigenvalue weighted by Gasteiger charge is 2.26. The third kappa shape index (κ3) is 5.90. The second-order valence-electron chi connectivity index (χ2n) is 9.33. The van der Waals surface area contributed by atoms with Gasteiger partial charge in [-0.2, -0.15) is 5.10 Å². The van der Waals surface area contributed by atoms with Gasteiger partial charge in [-0.05, 0) is 43.2 Å². The van der Waals surface area contributed by atoms with Crippen molar-refractivity contribution >= 4 is 17.6 Å². The van der Waals surface area contributed by atoms with Crippen molar-refractivity contribution in [1.82, 2.24) is 14.7 Å². The Bertz CT molecular complexity index is 1120. The summed E-state index contributed by atoms with van der Waals surface area (Å²) in [6.07, 6.45) is 0.646. The number of nitrogens with one attached hydrogen (secondary N) is 1. The molecule has 1 aromatic heterocycles. The van der Waals surface area contributed by atoms with E-state index in [0.29, 0.717) is 24.5 Å². The summed E-state index contributed by atoms with van der Waals surface area (Å²) in [6.45, 7) is 10.3. The fourth-order valence-corrected chi connectivity index (χ4v) is 3.78. The van der Waals surface area contributed by atoms with Gasteiger partial charge in [-0.15, -0.1) is 0 Å². The van der Waals surface area contributed by atoms with E-state index < -0.39 is 0 Å². The molecule has 1 N–H and O–H groups in total. The number of carbonyl (C=O) groups excluding carboxylic acids is 2. The summed E-state index contributed by atoms with van der Waals surface area (Å²) in [5.74, 6) is -0.569. The third-order valence-electron chi connectivity index (χ3n) is 5.75. The van der Waals surface area contributed by atoms with Crippen molar-refractivity contribution < 1.29 is 14.0 Å². The lowest BCUT2D eigenvalue weighted by Crippen LogP contribution is -2.40. The van der Waals surface area contributed by atoms with Gasteiger partial charge in [0.15, 0.2) is 0 Å². The summed E-state index contributed by atoms with van der Waals surface area (Å²) in [6, 6.07) is 17.4. The van der Waals surface area contributed by atoms with Gasteiger partial charge < -0.3 is 10.2 Å². The largest absolute Gasteiger partial charge is 0.333 e. The van der Waals surface area contributed by atoms with Crippen LogP contribution < -0.4 is 5.32 Å². The van der Waals surface area contributed by atoms with Crippen LogP contribution in [0.2, 0.25) is 0 Å². The van der Waals surface area contributed by atoms with Crippen molar-refractivity contribution in [2.24, 2.45) is 0 Å². The highest BCUT2D eigenvalue weighted by molar-refractivity contribution is 5.95. The normalized spacial score (nSPS) is 12.3. The van der Waals surface area contributed by atoms with Crippen LogP contribution in [0.15, 0.2) is 60.7 Å². The molecule has 2 amide bonds. The van der Waals surface area contributed by atoms with Crippen LogP contribution in [-0.2, 0) is 15.0 Å². The van der Waals surface area contributed by atoms with Crippen molar-refractivity contribution in [1.29, 1.82) is 0 Å². The van der Waals surface area contributed by atoms with Crippen molar-refractivity contribution in [2.45, 2.75) is 52.4 Å². The third-order valence-corrected chi connectivity index (χ3v) is 5.75. The van der Waals surface area contributed by atoms with Crippen molar-refractivity contribution in [2.75, 3.05) is 18.4 Å². The number of carbonyl (C=O) groups is 2. The molecule has 2 aromatic carbocycles. The molecule has 0 saturated heterocycles. The zero-order valence-electron chi connectivity index (χ0n) is 20.5. The fourth-order valence-electron chi connectivity index (χ4n) is 3.78. The molecule has 0 aliphatic rings. The Morgan fingerprint density at radius 1 is 1.06 bits per heavy atom. The second-order valence-corrected chi connectivity index (χ2v) is 9.33. The number of amides is 2. The van der Waals surface area contributed by atoms with E-state index in [-0.39, 0.29) is 35.5 Å². The molecule has 1 atom stereocenters. The summed E-state index contributed by atoms with van der Waals surface area (Å²) in [7, 11) is 0. The van der Waals surface area contributed by atoms with Crippen LogP contribution in [0.4, 0.5) is 10.2 Å². The number of likely N-dealkylation sites (N-methyl/N-ethyl adjacent to an activating group) is 1. The fraction of sp³-hybridized carbons (Fsp3) is 0.370. The minimum absolute atomic E-state index is 0.0713. The quantitative estimate of drug-likeness (QED) is 0.493. The first-order valence-corrected chi connectivity index (χ1v) is 11.6. The smallest absolute Gasteiger partial charge is 0.245 e. The molecule has 0 aliphatic carbocycles. The predicted molar refractivity (Wildman–Crippen MR) is 133 cm³/mol. The van der Waals surface area contributed by atoms with E-state index in [1.54, 1.807) is 21.7 Å². The molecule has 180 valence electrons. The van der Waals surface area contributed by atoms with Crippen molar-refractivity contribution in [3.05, 3.63) is 77.7 Å². The number of hydrogen-bond donors (Lipinski definition) is 1. The van der Waals surface area contributed by atoms with Crippen LogP contribution in [0, 0.1) is 5.82 Å². The van der Waals surface area contributed by atoms with Crippen molar-refractivity contribution in [3.63, 3.8) is 0 Å². The maximum Gasteiger partial charge on any atom is 0.245 e. The molecule has 1 unspecified atom stereocenters. The summed E-state index contributed by atoms with van der Waals surface area (Å²) < 4.78 is 15.0. The van der Waals surface area contributed by atoms with Gasteiger partial charge >= 0.3 is 0 Å². The van der Waals surface area contributed by atoms with Gasteiger partial charge in [-0.1, -0.05) is 58.0 Å².